The van der Waals surface area contributed by atoms with Crippen molar-refractivity contribution in [2.75, 3.05) is 13.1 Å². The molecule has 7 nitrogen and oxygen atoms in total. The number of aromatic nitrogens is 2. The van der Waals surface area contributed by atoms with Gasteiger partial charge in [-0.1, -0.05) is 0 Å². The van der Waals surface area contributed by atoms with E-state index in [0.29, 0.717) is 5.56 Å². The number of amides is 1. The van der Waals surface area contributed by atoms with Crippen LogP contribution in [0.1, 0.15) is 34.6 Å². The first-order chi connectivity index (χ1) is 11.9. The number of likely N-dealkylation sites (tertiary alicyclic amines) is 1. The van der Waals surface area contributed by atoms with E-state index in [4.69, 9.17) is 0 Å². The van der Waals surface area contributed by atoms with E-state index in [1.54, 1.807) is 28.8 Å². The van der Waals surface area contributed by atoms with Crippen LogP contribution in [-0.2, 0) is 23.6 Å². The van der Waals surface area contributed by atoms with Crippen LogP contribution in [0.5, 0.6) is 0 Å². The normalized spacial score (nSPS) is 14.9. The lowest BCUT2D eigenvalue weighted by Gasteiger charge is -2.15. The van der Waals surface area contributed by atoms with E-state index in [1.165, 1.54) is 12.1 Å². The minimum atomic E-state index is -3.64. The van der Waals surface area contributed by atoms with Gasteiger partial charge in [-0.05, 0) is 50.1 Å². The molecule has 0 radical (unpaired) electrons. The third kappa shape index (κ3) is 3.91. The fraction of sp³-hybridized carbons (Fsp3) is 0.412. The summed E-state index contributed by atoms with van der Waals surface area (Å²) in [6, 6.07) is 7.92. The maximum atomic E-state index is 12.4. The van der Waals surface area contributed by atoms with Crippen molar-refractivity contribution in [1.82, 2.24) is 19.4 Å². The third-order valence-electron chi connectivity index (χ3n) is 4.35. The van der Waals surface area contributed by atoms with Gasteiger partial charge in [0.15, 0.2) is 0 Å². The number of carbonyl (C=O) groups is 1. The van der Waals surface area contributed by atoms with Gasteiger partial charge in [-0.15, -0.1) is 0 Å². The molecule has 2 aromatic rings. The molecule has 0 atom stereocenters. The van der Waals surface area contributed by atoms with Crippen LogP contribution < -0.4 is 4.72 Å². The number of nitrogens with zero attached hydrogens (tertiary/aromatic N) is 3. The Hall–Kier alpha value is -2.19. The Labute approximate surface area is 147 Å². The zero-order chi connectivity index (χ0) is 18.0. The average Bonchev–Trinajstić information content (AvgIpc) is 3.22. The molecular formula is C17H22N4O3S. The Balaban J connectivity index is 1.69. The van der Waals surface area contributed by atoms with Gasteiger partial charge in [-0.3, -0.25) is 9.48 Å². The smallest absolute Gasteiger partial charge is 0.253 e. The predicted octanol–water partition coefficient (Wildman–Crippen LogP) is 1.44. The Morgan fingerprint density at radius 3 is 2.40 bits per heavy atom. The SMILES string of the molecule is Cc1cc(CNS(=O)(=O)c2ccc(C(=O)N3CCCC3)cc2)n(C)n1. The molecule has 0 spiro atoms. The van der Waals surface area contributed by atoms with Gasteiger partial charge in [0.1, 0.15) is 0 Å². The highest BCUT2D eigenvalue weighted by Gasteiger charge is 2.20. The molecule has 1 aliphatic rings. The minimum absolute atomic E-state index is 0.0419. The molecule has 1 aromatic carbocycles. The lowest BCUT2D eigenvalue weighted by atomic mass is 10.2. The number of aryl methyl sites for hydroxylation is 2. The summed E-state index contributed by atoms with van der Waals surface area (Å²) >= 11 is 0. The molecule has 0 unspecified atom stereocenters. The number of carbonyl (C=O) groups excluding carboxylic acids is 1. The Morgan fingerprint density at radius 2 is 1.84 bits per heavy atom. The summed E-state index contributed by atoms with van der Waals surface area (Å²) < 4.78 is 29.1. The summed E-state index contributed by atoms with van der Waals surface area (Å²) in [5.74, 6) is -0.0419. The average molecular weight is 362 g/mol. The Morgan fingerprint density at radius 1 is 1.20 bits per heavy atom. The molecular weight excluding hydrogens is 340 g/mol. The van der Waals surface area contributed by atoms with Crippen LogP contribution in [0.25, 0.3) is 0 Å². The van der Waals surface area contributed by atoms with Crippen LogP contribution in [0, 0.1) is 6.92 Å². The van der Waals surface area contributed by atoms with E-state index in [2.05, 4.69) is 9.82 Å². The zero-order valence-electron chi connectivity index (χ0n) is 14.4. The van der Waals surface area contributed by atoms with Crippen molar-refractivity contribution in [3.63, 3.8) is 0 Å². The molecule has 134 valence electrons. The second-order valence-corrected chi connectivity index (χ2v) is 8.02. The van der Waals surface area contributed by atoms with E-state index in [-0.39, 0.29) is 17.3 Å². The van der Waals surface area contributed by atoms with E-state index < -0.39 is 10.0 Å². The summed E-state index contributed by atoms with van der Waals surface area (Å²) in [5, 5.41) is 4.19. The maximum Gasteiger partial charge on any atom is 0.253 e. The molecule has 0 aliphatic carbocycles. The van der Waals surface area contributed by atoms with Gasteiger partial charge in [0, 0.05) is 25.7 Å². The van der Waals surface area contributed by atoms with Crippen LogP contribution in [0.3, 0.4) is 0 Å². The fourth-order valence-corrected chi connectivity index (χ4v) is 3.96. The lowest BCUT2D eigenvalue weighted by molar-refractivity contribution is 0.0792. The van der Waals surface area contributed by atoms with Crippen molar-refractivity contribution in [3.05, 3.63) is 47.3 Å². The standard InChI is InChI=1S/C17H22N4O3S/c1-13-11-15(20(2)19-13)12-18-25(23,24)16-7-5-14(6-8-16)17(22)21-9-3-4-10-21/h5-8,11,18H,3-4,9-10,12H2,1-2H3. The van der Waals surface area contributed by atoms with Gasteiger partial charge in [-0.25, -0.2) is 13.1 Å². The van der Waals surface area contributed by atoms with Crippen LogP contribution in [0.4, 0.5) is 0 Å². The highest BCUT2D eigenvalue weighted by Crippen LogP contribution is 2.16. The molecule has 1 amide bonds. The third-order valence-corrected chi connectivity index (χ3v) is 5.76. The van der Waals surface area contributed by atoms with E-state index in [9.17, 15) is 13.2 Å². The molecule has 3 rings (SSSR count). The Bertz CT molecular complexity index is 866. The van der Waals surface area contributed by atoms with Crippen molar-refractivity contribution >= 4 is 15.9 Å². The number of rotatable bonds is 5. The number of hydrogen-bond donors (Lipinski definition) is 1. The molecule has 2 heterocycles. The number of sulfonamides is 1. The second kappa shape index (κ2) is 6.97. The van der Waals surface area contributed by atoms with Crippen molar-refractivity contribution in [1.29, 1.82) is 0 Å². The van der Waals surface area contributed by atoms with Crippen LogP contribution >= 0.6 is 0 Å². The summed E-state index contributed by atoms with van der Waals surface area (Å²) in [6.07, 6.45) is 2.05. The monoisotopic (exact) mass is 362 g/mol. The van der Waals surface area contributed by atoms with Gasteiger partial charge in [0.25, 0.3) is 5.91 Å². The van der Waals surface area contributed by atoms with E-state index >= 15 is 0 Å². The van der Waals surface area contributed by atoms with Gasteiger partial charge in [-0.2, -0.15) is 5.10 Å². The number of nitrogens with one attached hydrogen (secondary N) is 1. The van der Waals surface area contributed by atoms with Gasteiger partial charge < -0.3 is 4.90 Å². The summed E-state index contributed by atoms with van der Waals surface area (Å²) in [4.78, 5) is 14.3. The van der Waals surface area contributed by atoms with Crippen molar-refractivity contribution in [2.45, 2.75) is 31.2 Å². The first-order valence-corrected chi connectivity index (χ1v) is 9.74. The summed E-state index contributed by atoms with van der Waals surface area (Å²) in [7, 11) is -1.87. The molecule has 0 bridgehead atoms. The molecule has 1 N–H and O–H groups in total. The summed E-state index contributed by atoms with van der Waals surface area (Å²) in [6.45, 7) is 3.55. The molecule has 25 heavy (non-hydrogen) atoms. The van der Waals surface area contributed by atoms with Crippen LogP contribution in [-0.4, -0.2) is 42.1 Å². The predicted molar refractivity (Wildman–Crippen MR) is 93.6 cm³/mol. The first-order valence-electron chi connectivity index (χ1n) is 8.25. The van der Waals surface area contributed by atoms with Crippen molar-refractivity contribution in [3.8, 4) is 0 Å². The molecule has 0 saturated carbocycles. The van der Waals surface area contributed by atoms with Crippen molar-refractivity contribution in [2.24, 2.45) is 7.05 Å². The quantitative estimate of drug-likeness (QED) is 0.872. The molecule has 1 aliphatic heterocycles. The zero-order valence-corrected chi connectivity index (χ0v) is 15.2. The summed E-state index contributed by atoms with van der Waals surface area (Å²) in [5.41, 5.74) is 2.13. The molecule has 8 heteroatoms. The topological polar surface area (TPSA) is 84.3 Å². The minimum Gasteiger partial charge on any atom is -0.339 e. The van der Waals surface area contributed by atoms with Gasteiger partial charge in [0.05, 0.1) is 22.8 Å². The van der Waals surface area contributed by atoms with Crippen molar-refractivity contribution < 1.29 is 13.2 Å². The van der Waals surface area contributed by atoms with E-state index in [1.807, 2.05) is 13.0 Å². The number of hydrogen-bond acceptors (Lipinski definition) is 4. The maximum absolute atomic E-state index is 12.4. The van der Waals surface area contributed by atoms with E-state index in [0.717, 1.165) is 37.3 Å². The van der Waals surface area contributed by atoms with Gasteiger partial charge >= 0.3 is 0 Å². The fourth-order valence-electron chi connectivity index (χ4n) is 2.96. The lowest BCUT2D eigenvalue weighted by Crippen LogP contribution is -2.28. The highest BCUT2D eigenvalue weighted by atomic mass is 32.2. The highest BCUT2D eigenvalue weighted by molar-refractivity contribution is 7.89. The molecule has 1 fully saturated rings. The number of benzene rings is 1. The van der Waals surface area contributed by atoms with Crippen LogP contribution in [0.15, 0.2) is 35.2 Å². The largest absolute Gasteiger partial charge is 0.339 e. The van der Waals surface area contributed by atoms with Crippen LogP contribution in [0.2, 0.25) is 0 Å². The van der Waals surface area contributed by atoms with Gasteiger partial charge in [0.2, 0.25) is 10.0 Å². The molecule has 1 saturated heterocycles. The second-order valence-electron chi connectivity index (χ2n) is 6.25. The first kappa shape index (κ1) is 17.6. The molecule has 1 aromatic heterocycles. The Kier molecular flexibility index (Phi) is 4.91.